The molecule has 2 nitrogen and oxygen atoms in total. The number of rotatable bonds is 2. The van der Waals surface area contributed by atoms with Gasteiger partial charge in [0, 0.05) is 19.1 Å². The Bertz CT molecular complexity index is 428. The molecule has 0 saturated heterocycles. The molecule has 1 aromatic heterocycles. The van der Waals surface area contributed by atoms with Crippen molar-refractivity contribution >= 4 is 5.57 Å². The molecule has 92 valence electrons. The number of allylic oxidation sites excluding steroid dienone is 2. The molecule has 0 aliphatic heterocycles. The summed E-state index contributed by atoms with van der Waals surface area (Å²) in [6, 6.07) is 2.22. The highest BCUT2D eigenvalue weighted by Gasteiger charge is 2.25. The zero-order valence-corrected chi connectivity index (χ0v) is 10.5. The minimum Gasteiger partial charge on any atom is -0.461 e. The summed E-state index contributed by atoms with van der Waals surface area (Å²) in [5, 5.41) is 0. The minimum absolute atomic E-state index is 0.250. The molecule has 1 aromatic rings. The lowest BCUT2D eigenvalue weighted by molar-refractivity contribution is 0.0857. The molecular formula is C15H20O2. The van der Waals surface area contributed by atoms with Crippen molar-refractivity contribution in [3.8, 4) is 0 Å². The van der Waals surface area contributed by atoms with Gasteiger partial charge in [-0.2, -0.15) is 0 Å². The van der Waals surface area contributed by atoms with E-state index in [0.717, 1.165) is 24.4 Å². The summed E-state index contributed by atoms with van der Waals surface area (Å²) in [5.74, 6) is 2.25. The summed E-state index contributed by atoms with van der Waals surface area (Å²) in [5.41, 5.74) is 2.70. The van der Waals surface area contributed by atoms with Crippen LogP contribution >= 0.6 is 0 Å². The van der Waals surface area contributed by atoms with Crippen LogP contribution in [-0.2, 0) is 11.2 Å². The van der Waals surface area contributed by atoms with Gasteiger partial charge in [0.2, 0.25) is 0 Å². The predicted octanol–water partition coefficient (Wildman–Crippen LogP) is 4.26. The van der Waals surface area contributed by atoms with Crippen LogP contribution in [0.15, 0.2) is 16.6 Å². The number of ether oxygens (including phenoxy) is 1. The topological polar surface area (TPSA) is 22.4 Å². The molecule has 0 N–H and O–H groups in total. The van der Waals surface area contributed by atoms with Gasteiger partial charge < -0.3 is 9.15 Å². The second-order valence-electron chi connectivity index (χ2n) is 5.08. The first-order valence-electron chi connectivity index (χ1n) is 6.73. The smallest absolute Gasteiger partial charge is 0.130 e. The first-order valence-corrected chi connectivity index (χ1v) is 6.73. The molecule has 3 rings (SSSR count). The third-order valence-corrected chi connectivity index (χ3v) is 3.95. The van der Waals surface area contributed by atoms with Gasteiger partial charge in [0.05, 0.1) is 6.10 Å². The molecule has 0 radical (unpaired) electrons. The van der Waals surface area contributed by atoms with Crippen molar-refractivity contribution in [3.05, 3.63) is 29.2 Å². The van der Waals surface area contributed by atoms with E-state index in [2.05, 4.69) is 12.1 Å². The van der Waals surface area contributed by atoms with Gasteiger partial charge in [-0.1, -0.05) is 6.08 Å². The molecule has 1 atom stereocenters. The number of aryl methyl sites for hydroxylation is 1. The molecule has 2 heteroatoms. The number of furan rings is 1. The summed E-state index contributed by atoms with van der Waals surface area (Å²) in [6.07, 6.45) is 11.0. The zero-order chi connectivity index (χ0) is 11.7. The molecule has 2 aliphatic rings. The first-order chi connectivity index (χ1) is 8.38. The molecule has 0 fully saturated rings. The Morgan fingerprint density at radius 1 is 1.24 bits per heavy atom. The van der Waals surface area contributed by atoms with Gasteiger partial charge in [-0.25, -0.2) is 0 Å². The minimum atomic E-state index is 0.250. The Morgan fingerprint density at radius 2 is 2.18 bits per heavy atom. The molecule has 2 aliphatic carbocycles. The van der Waals surface area contributed by atoms with Crippen molar-refractivity contribution in [3.63, 3.8) is 0 Å². The van der Waals surface area contributed by atoms with E-state index in [0.29, 0.717) is 0 Å². The average Bonchev–Trinajstić information content (AvgIpc) is 2.83. The molecule has 1 unspecified atom stereocenters. The molecule has 0 aromatic carbocycles. The second-order valence-corrected chi connectivity index (χ2v) is 5.08. The Morgan fingerprint density at radius 3 is 2.94 bits per heavy atom. The van der Waals surface area contributed by atoms with E-state index >= 15 is 0 Å². The van der Waals surface area contributed by atoms with E-state index in [1.807, 2.05) is 0 Å². The highest BCUT2D eigenvalue weighted by atomic mass is 16.5. The lowest BCUT2D eigenvalue weighted by atomic mass is 9.94. The molecule has 1 heterocycles. The number of hydrogen-bond donors (Lipinski definition) is 0. The van der Waals surface area contributed by atoms with Gasteiger partial charge in [-0.05, 0) is 50.2 Å². The average molecular weight is 232 g/mol. The Kier molecular flexibility index (Phi) is 3.06. The summed E-state index contributed by atoms with van der Waals surface area (Å²) in [4.78, 5) is 0. The van der Waals surface area contributed by atoms with Crippen molar-refractivity contribution in [2.24, 2.45) is 0 Å². The van der Waals surface area contributed by atoms with E-state index < -0.39 is 0 Å². The van der Waals surface area contributed by atoms with Crippen LogP contribution in [0.25, 0.3) is 5.57 Å². The normalized spacial score (nSPS) is 24.3. The SMILES string of the molecule is COC1CCCc2oc(C3=CCCCC3)cc21. The van der Waals surface area contributed by atoms with Gasteiger partial charge in [-0.15, -0.1) is 0 Å². The van der Waals surface area contributed by atoms with Crippen molar-refractivity contribution < 1.29 is 9.15 Å². The molecule has 17 heavy (non-hydrogen) atoms. The van der Waals surface area contributed by atoms with Crippen LogP contribution < -0.4 is 0 Å². The van der Waals surface area contributed by atoms with Crippen molar-refractivity contribution in [2.45, 2.75) is 51.0 Å². The van der Waals surface area contributed by atoms with E-state index in [1.54, 1.807) is 7.11 Å². The second kappa shape index (κ2) is 4.69. The monoisotopic (exact) mass is 232 g/mol. The summed E-state index contributed by atoms with van der Waals surface area (Å²) in [6.45, 7) is 0. The van der Waals surface area contributed by atoms with E-state index in [4.69, 9.17) is 9.15 Å². The fourth-order valence-electron chi connectivity index (χ4n) is 2.98. The molecule has 0 bridgehead atoms. The van der Waals surface area contributed by atoms with Gasteiger partial charge in [0.15, 0.2) is 0 Å². The lowest BCUT2D eigenvalue weighted by Gasteiger charge is -2.19. The van der Waals surface area contributed by atoms with Crippen molar-refractivity contribution in [2.75, 3.05) is 7.11 Å². The number of hydrogen-bond acceptors (Lipinski definition) is 2. The van der Waals surface area contributed by atoms with E-state index in [9.17, 15) is 0 Å². The Hall–Kier alpha value is -1.02. The van der Waals surface area contributed by atoms with Crippen molar-refractivity contribution in [1.82, 2.24) is 0 Å². The van der Waals surface area contributed by atoms with Crippen LogP contribution in [0.1, 0.15) is 61.7 Å². The molecular weight excluding hydrogens is 212 g/mol. The van der Waals surface area contributed by atoms with Crippen LogP contribution in [0, 0.1) is 0 Å². The van der Waals surface area contributed by atoms with Gasteiger partial charge in [-0.3, -0.25) is 0 Å². The fraction of sp³-hybridized carbons (Fsp3) is 0.600. The van der Waals surface area contributed by atoms with Crippen LogP contribution in [0.4, 0.5) is 0 Å². The van der Waals surface area contributed by atoms with E-state index in [-0.39, 0.29) is 6.10 Å². The first kappa shape index (κ1) is 11.1. The third-order valence-electron chi connectivity index (χ3n) is 3.95. The lowest BCUT2D eigenvalue weighted by Crippen LogP contribution is -2.08. The van der Waals surface area contributed by atoms with Crippen molar-refractivity contribution in [1.29, 1.82) is 0 Å². The fourth-order valence-corrected chi connectivity index (χ4v) is 2.98. The van der Waals surface area contributed by atoms with Crippen LogP contribution in [0.2, 0.25) is 0 Å². The predicted molar refractivity (Wildman–Crippen MR) is 67.8 cm³/mol. The maximum absolute atomic E-state index is 6.03. The number of fused-ring (bicyclic) bond motifs is 1. The maximum Gasteiger partial charge on any atom is 0.130 e. The van der Waals surface area contributed by atoms with Crippen LogP contribution in [0.5, 0.6) is 0 Å². The Labute approximate surface area is 103 Å². The maximum atomic E-state index is 6.03. The highest BCUT2D eigenvalue weighted by molar-refractivity contribution is 5.63. The van der Waals surface area contributed by atoms with Crippen LogP contribution in [-0.4, -0.2) is 7.11 Å². The van der Waals surface area contributed by atoms with Gasteiger partial charge in [0.1, 0.15) is 11.5 Å². The Balaban J connectivity index is 1.92. The molecule has 0 saturated carbocycles. The standard InChI is InChI=1S/C15H20O2/c1-16-13-8-5-9-14-12(13)10-15(17-14)11-6-3-2-4-7-11/h6,10,13H,2-5,7-9H2,1H3. The summed E-state index contributed by atoms with van der Waals surface area (Å²) >= 11 is 0. The van der Waals surface area contributed by atoms with Crippen LogP contribution in [0.3, 0.4) is 0 Å². The largest absolute Gasteiger partial charge is 0.461 e. The summed E-state index contributed by atoms with van der Waals surface area (Å²) < 4.78 is 11.6. The zero-order valence-electron chi connectivity index (χ0n) is 10.5. The third kappa shape index (κ3) is 2.06. The summed E-state index contributed by atoms with van der Waals surface area (Å²) in [7, 11) is 1.80. The highest BCUT2D eigenvalue weighted by Crippen LogP contribution is 2.37. The quantitative estimate of drug-likeness (QED) is 0.760. The molecule has 0 amide bonds. The van der Waals surface area contributed by atoms with Gasteiger partial charge >= 0.3 is 0 Å². The van der Waals surface area contributed by atoms with Gasteiger partial charge in [0.25, 0.3) is 0 Å². The van der Waals surface area contributed by atoms with E-state index in [1.165, 1.54) is 43.2 Å². The molecule has 0 spiro atoms. The number of methoxy groups -OCH3 is 1.